The summed E-state index contributed by atoms with van der Waals surface area (Å²) in [4.78, 5) is 5.01. The van der Waals surface area contributed by atoms with Crippen LogP contribution in [0.1, 0.15) is 62.2 Å². The first-order valence-corrected chi connectivity index (χ1v) is 11.6. The molecule has 1 aliphatic carbocycles. The van der Waals surface area contributed by atoms with Crippen molar-refractivity contribution < 1.29 is 14.9 Å². The number of aliphatic hydroxyl groups is 2. The Morgan fingerprint density at radius 2 is 1.78 bits per heavy atom. The Bertz CT molecular complexity index is 1160. The number of nitrogens with zero attached hydrogens (tertiary/aromatic N) is 2. The lowest BCUT2D eigenvalue weighted by Crippen LogP contribution is -2.26. The molecule has 172 valence electrons. The number of fused-ring (bicyclic) bond motifs is 1. The number of halogens is 1. The van der Waals surface area contributed by atoms with E-state index in [1.165, 1.54) is 0 Å². The van der Waals surface area contributed by atoms with Crippen LogP contribution in [0.15, 0.2) is 24.3 Å². The molecule has 3 aromatic rings. The average molecular weight is 457 g/mol. The zero-order valence-corrected chi connectivity index (χ0v) is 20.5. The van der Waals surface area contributed by atoms with Gasteiger partial charge in [-0.2, -0.15) is 0 Å². The van der Waals surface area contributed by atoms with Gasteiger partial charge in [-0.25, -0.2) is 4.98 Å². The van der Waals surface area contributed by atoms with Gasteiger partial charge < -0.3 is 19.5 Å². The second kappa shape index (κ2) is 8.14. The molecule has 32 heavy (non-hydrogen) atoms. The van der Waals surface area contributed by atoms with E-state index in [0.717, 1.165) is 57.5 Å². The third-order valence-corrected chi connectivity index (χ3v) is 6.63. The quantitative estimate of drug-likeness (QED) is 0.502. The van der Waals surface area contributed by atoms with E-state index in [0.29, 0.717) is 11.6 Å². The van der Waals surface area contributed by atoms with Crippen LogP contribution in [0.4, 0.5) is 0 Å². The molecule has 1 atom stereocenters. The number of aryl methyl sites for hydroxylation is 2. The largest absolute Gasteiger partial charge is 0.393 e. The topological polar surface area (TPSA) is 67.5 Å². The summed E-state index contributed by atoms with van der Waals surface area (Å²) in [5, 5.41) is 22.7. The van der Waals surface area contributed by atoms with Crippen molar-refractivity contribution in [2.24, 2.45) is 0 Å². The van der Waals surface area contributed by atoms with Gasteiger partial charge in [-0.3, -0.25) is 0 Å². The Labute approximate surface area is 195 Å². The van der Waals surface area contributed by atoms with Gasteiger partial charge in [0.15, 0.2) is 0 Å². The van der Waals surface area contributed by atoms with Crippen molar-refractivity contribution in [3.8, 4) is 11.1 Å². The van der Waals surface area contributed by atoms with E-state index in [1.807, 2.05) is 52.0 Å². The summed E-state index contributed by atoms with van der Waals surface area (Å²) < 4.78 is 8.44. The van der Waals surface area contributed by atoms with Crippen LogP contribution in [0.2, 0.25) is 5.02 Å². The molecule has 0 saturated heterocycles. The molecule has 0 amide bonds. The van der Waals surface area contributed by atoms with Gasteiger partial charge in [-0.1, -0.05) is 23.7 Å². The van der Waals surface area contributed by atoms with Crippen LogP contribution < -0.4 is 0 Å². The number of aliphatic hydroxyl groups excluding tert-OH is 1. The van der Waals surface area contributed by atoms with Crippen LogP contribution in [0.5, 0.6) is 0 Å². The van der Waals surface area contributed by atoms with Crippen LogP contribution in [0, 0.1) is 20.8 Å². The van der Waals surface area contributed by atoms with Crippen molar-refractivity contribution in [2.45, 2.75) is 78.2 Å². The third-order valence-electron chi connectivity index (χ3n) is 6.38. The van der Waals surface area contributed by atoms with Crippen LogP contribution in [0.3, 0.4) is 0 Å². The van der Waals surface area contributed by atoms with E-state index in [2.05, 4.69) is 18.4 Å². The van der Waals surface area contributed by atoms with Gasteiger partial charge in [0.25, 0.3) is 0 Å². The molecule has 4 rings (SSSR count). The van der Waals surface area contributed by atoms with Gasteiger partial charge in [0.2, 0.25) is 0 Å². The molecule has 6 heteroatoms. The molecule has 1 aromatic carbocycles. The van der Waals surface area contributed by atoms with Gasteiger partial charge in [-0.05, 0) is 77.6 Å². The molecule has 2 heterocycles. The highest BCUT2D eigenvalue weighted by atomic mass is 35.5. The predicted molar refractivity (Wildman–Crippen MR) is 129 cm³/mol. The molecule has 5 nitrogen and oxygen atoms in total. The van der Waals surface area contributed by atoms with E-state index in [9.17, 15) is 10.2 Å². The van der Waals surface area contributed by atoms with Crippen LogP contribution in [0.25, 0.3) is 22.2 Å². The number of ether oxygens (including phenoxy) is 1. The smallest absolute Gasteiger partial charge is 0.141 e. The highest BCUT2D eigenvalue weighted by Gasteiger charge is 2.41. The molecule has 1 saturated carbocycles. The van der Waals surface area contributed by atoms with Crippen molar-refractivity contribution in [3.63, 3.8) is 0 Å². The van der Waals surface area contributed by atoms with Gasteiger partial charge in [0.05, 0.1) is 24.4 Å². The lowest BCUT2D eigenvalue weighted by Gasteiger charge is -2.29. The predicted octanol–water partition coefficient (Wildman–Crippen LogP) is 5.66. The molecule has 0 bridgehead atoms. The monoisotopic (exact) mass is 456 g/mol. The fraction of sp³-hybridized carbons (Fsp3) is 0.500. The summed E-state index contributed by atoms with van der Waals surface area (Å²) >= 11 is 6.20. The van der Waals surface area contributed by atoms with Crippen molar-refractivity contribution in [1.82, 2.24) is 9.55 Å². The standard InChI is InChI=1S/C26H33ClN2O3/c1-15-17(3)29(14-26(31)11-12-26)24-21(15)23(18-7-9-19(27)10-8-18)22(16(2)28-24)20(13-30)32-25(4,5)6/h7-10,20,30-31H,11-14H2,1-6H3/t20-/m1/s1. The van der Waals surface area contributed by atoms with E-state index in [-0.39, 0.29) is 6.61 Å². The number of hydrogen-bond acceptors (Lipinski definition) is 4. The highest BCUT2D eigenvalue weighted by molar-refractivity contribution is 6.30. The maximum absolute atomic E-state index is 10.7. The summed E-state index contributed by atoms with van der Waals surface area (Å²) in [7, 11) is 0. The zero-order chi connectivity index (χ0) is 23.4. The van der Waals surface area contributed by atoms with Crippen molar-refractivity contribution in [2.75, 3.05) is 6.61 Å². The zero-order valence-electron chi connectivity index (χ0n) is 19.8. The Hall–Kier alpha value is -1.92. The Morgan fingerprint density at radius 1 is 1.16 bits per heavy atom. The Kier molecular flexibility index (Phi) is 5.91. The summed E-state index contributed by atoms with van der Waals surface area (Å²) in [5.74, 6) is 0. The SMILES string of the molecule is Cc1nc2c(c(C)c(C)n2CC2(O)CC2)c(-c2ccc(Cl)cc2)c1[C@@H](CO)OC(C)(C)C. The number of aromatic nitrogens is 2. The van der Waals surface area contributed by atoms with E-state index in [1.54, 1.807) is 0 Å². The maximum Gasteiger partial charge on any atom is 0.141 e. The lowest BCUT2D eigenvalue weighted by molar-refractivity contribution is -0.0823. The summed E-state index contributed by atoms with van der Waals surface area (Å²) in [6, 6.07) is 7.78. The molecule has 0 spiro atoms. The van der Waals surface area contributed by atoms with E-state index in [4.69, 9.17) is 21.3 Å². The number of rotatable bonds is 6. The number of pyridine rings is 1. The Balaban J connectivity index is 2.05. The van der Waals surface area contributed by atoms with Crippen LogP contribution >= 0.6 is 11.6 Å². The molecule has 2 aromatic heterocycles. The molecule has 0 radical (unpaired) electrons. The van der Waals surface area contributed by atoms with E-state index >= 15 is 0 Å². The molecule has 0 aliphatic heterocycles. The van der Waals surface area contributed by atoms with Crippen molar-refractivity contribution in [1.29, 1.82) is 0 Å². The summed E-state index contributed by atoms with van der Waals surface area (Å²) in [5.41, 5.74) is 5.72. The minimum absolute atomic E-state index is 0.148. The van der Waals surface area contributed by atoms with Gasteiger partial charge in [0, 0.05) is 32.9 Å². The first kappa shape index (κ1) is 23.2. The van der Waals surface area contributed by atoms with E-state index < -0.39 is 17.3 Å². The number of hydrogen-bond donors (Lipinski definition) is 2. The van der Waals surface area contributed by atoms with Gasteiger partial charge in [0.1, 0.15) is 11.8 Å². The highest BCUT2D eigenvalue weighted by Crippen LogP contribution is 2.44. The average Bonchev–Trinajstić information content (AvgIpc) is 3.40. The fourth-order valence-electron chi connectivity index (χ4n) is 4.51. The normalized spacial score (nSPS) is 16.5. The molecule has 0 unspecified atom stereocenters. The van der Waals surface area contributed by atoms with Crippen LogP contribution in [-0.2, 0) is 11.3 Å². The Morgan fingerprint density at radius 3 is 2.31 bits per heavy atom. The molecular weight excluding hydrogens is 424 g/mol. The van der Waals surface area contributed by atoms with Crippen molar-refractivity contribution in [3.05, 3.63) is 51.8 Å². The first-order valence-electron chi connectivity index (χ1n) is 11.2. The summed E-state index contributed by atoms with van der Waals surface area (Å²) in [6.45, 7) is 12.5. The van der Waals surface area contributed by atoms with Crippen molar-refractivity contribution >= 4 is 22.6 Å². The number of benzene rings is 1. The molecular formula is C26H33ClN2O3. The fourth-order valence-corrected chi connectivity index (χ4v) is 4.64. The third kappa shape index (κ3) is 4.32. The molecule has 1 aliphatic rings. The van der Waals surface area contributed by atoms with Crippen LogP contribution in [-0.4, -0.2) is 37.6 Å². The second-order valence-corrected chi connectivity index (χ2v) is 10.6. The van der Waals surface area contributed by atoms with Gasteiger partial charge >= 0.3 is 0 Å². The second-order valence-electron chi connectivity index (χ2n) is 10.1. The lowest BCUT2D eigenvalue weighted by atomic mass is 9.91. The molecule has 1 fully saturated rings. The molecule has 2 N–H and O–H groups in total. The first-order chi connectivity index (χ1) is 14.9. The van der Waals surface area contributed by atoms with Gasteiger partial charge in [-0.15, -0.1) is 0 Å². The minimum atomic E-state index is -0.638. The minimum Gasteiger partial charge on any atom is -0.393 e. The maximum atomic E-state index is 10.7. The summed E-state index contributed by atoms with van der Waals surface area (Å²) in [6.07, 6.45) is 1.12.